The van der Waals surface area contributed by atoms with E-state index in [9.17, 15) is 4.39 Å². The van der Waals surface area contributed by atoms with Gasteiger partial charge in [-0.1, -0.05) is 6.42 Å². The molecule has 0 unspecified atom stereocenters. The summed E-state index contributed by atoms with van der Waals surface area (Å²) >= 11 is 0. The second-order valence-electron chi connectivity index (χ2n) is 4.23. The molecule has 0 saturated carbocycles. The Balaban J connectivity index is 0.00000162. The summed E-state index contributed by atoms with van der Waals surface area (Å²) in [5, 5.41) is 3.33. The van der Waals surface area contributed by atoms with Crippen LogP contribution >= 0.6 is 12.4 Å². The maximum atomic E-state index is 14.0. The number of hydrogen-bond acceptors (Lipinski definition) is 3. The van der Waals surface area contributed by atoms with Gasteiger partial charge in [-0.15, -0.1) is 12.4 Å². The second-order valence-corrected chi connectivity index (χ2v) is 4.23. The quantitative estimate of drug-likeness (QED) is 0.920. The molecule has 0 aliphatic carbocycles. The number of piperidine rings is 1. The van der Waals surface area contributed by atoms with Crippen molar-refractivity contribution in [1.29, 1.82) is 0 Å². The van der Waals surface area contributed by atoms with E-state index in [4.69, 9.17) is 9.47 Å². The van der Waals surface area contributed by atoms with Gasteiger partial charge in [0.05, 0.1) is 14.2 Å². The Kier molecular flexibility index (Phi) is 5.69. The minimum atomic E-state index is -0.234. The Bertz CT molecular complexity index is 395. The number of methoxy groups -OCH3 is 2. The average Bonchev–Trinajstić information content (AvgIpc) is 2.39. The Morgan fingerprint density at radius 1 is 1.17 bits per heavy atom. The monoisotopic (exact) mass is 275 g/mol. The van der Waals surface area contributed by atoms with Crippen LogP contribution in [0.25, 0.3) is 0 Å². The highest BCUT2D eigenvalue weighted by Crippen LogP contribution is 2.34. The van der Waals surface area contributed by atoms with E-state index in [2.05, 4.69) is 5.32 Å². The van der Waals surface area contributed by atoms with Crippen molar-refractivity contribution in [2.75, 3.05) is 20.8 Å². The first-order chi connectivity index (χ1) is 8.26. The van der Waals surface area contributed by atoms with Crippen LogP contribution in [0.5, 0.6) is 11.5 Å². The molecule has 0 aromatic heterocycles. The number of nitrogens with one attached hydrogen (secondary N) is 1. The molecule has 1 aromatic rings. The predicted octanol–water partition coefficient (Wildman–Crippen LogP) is 3.08. The molecule has 5 heteroatoms. The van der Waals surface area contributed by atoms with Crippen LogP contribution in [0.3, 0.4) is 0 Å². The SMILES string of the molecule is COc1cc(F)c([C@@H]2CCCCN2)cc1OC.Cl. The Labute approximate surface area is 113 Å². The van der Waals surface area contributed by atoms with Crippen molar-refractivity contribution in [3.8, 4) is 11.5 Å². The number of ether oxygens (including phenoxy) is 2. The van der Waals surface area contributed by atoms with Gasteiger partial charge >= 0.3 is 0 Å². The summed E-state index contributed by atoms with van der Waals surface area (Å²) in [6, 6.07) is 3.21. The molecule has 0 radical (unpaired) electrons. The minimum Gasteiger partial charge on any atom is -0.493 e. The summed E-state index contributed by atoms with van der Waals surface area (Å²) in [4.78, 5) is 0. The van der Waals surface area contributed by atoms with Crippen molar-refractivity contribution in [2.24, 2.45) is 0 Å². The van der Waals surface area contributed by atoms with Gasteiger partial charge in [-0.3, -0.25) is 0 Å². The zero-order chi connectivity index (χ0) is 12.3. The zero-order valence-electron chi connectivity index (χ0n) is 10.7. The number of benzene rings is 1. The molecule has 0 amide bonds. The van der Waals surface area contributed by atoms with Gasteiger partial charge < -0.3 is 14.8 Å². The molecule has 2 rings (SSSR count). The van der Waals surface area contributed by atoms with Crippen LogP contribution in [0.15, 0.2) is 12.1 Å². The molecule has 102 valence electrons. The van der Waals surface area contributed by atoms with Gasteiger partial charge in [0.15, 0.2) is 11.5 Å². The molecule has 1 N–H and O–H groups in total. The first kappa shape index (κ1) is 15.1. The normalized spacial score (nSPS) is 18.9. The van der Waals surface area contributed by atoms with Crippen molar-refractivity contribution in [1.82, 2.24) is 5.32 Å². The zero-order valence-corrected chi connectivity index (χ0v) is 11.5. The third kappa shape index (κ3) is 3.06. The molecule has 1 aromatic carbocycles. The molecule has 3 nitrogen and oxygen atoms in total. The molecule has 1 atom stereocenters. The Morgan fingerprint density at radius 3 is 2.39 bits per heavy atom. The number of rotatable bonds is 3. The van der Waals surface area contributed by atoms with Gasteiger partial charge in [-0.2, -0.15) is 0 Å². The summed E-state index contributed by atoms with van der Waals surface area (Å²) in [6.45, 7) is 0.943. The molecule has 18 heavy (non-hydrogen) atoms. The lowest BCUT2D eigenvalue weighted by Gasteiger charge is -2.25. The highest BCUT2D eigenvalue weighted by atomic mass is 35.5. The lowest BCUT2D eigenvalue weighted by molar-refractivity contribution is 0.347. The van der Waals surface area contributed by atoms with Gasteiger partial charge in [0.2, 0.25) is 0 Å². The topological polar surface area (TPSA) is 30.5 Å². The van der Waals surface area contributed by atoms with Gasteiger partial charge in [0, 0.05) is 17.7 Å². The highest BCUT2D eigenvalue weighted by Gasteiger charge is 2.20. The maximum absolute atomic E-state index is 14.0. The summed E-state index contributed by atoms with van der Waals surface area (Å²) in [5.74, 6) is 0.780. The first-order valence-corrected chi connectivity index (χ1v) is 5.91. The standard InChI is InChI=1S/C13H18FNO2.ClH/c1-16-12-7-9(10(14)8-13(12)17-2)11-5-3-4-6-15-11;/h7-8,11,15H,3-6H2,1-2H3;1H/t11-;/m0./s1. The molecule has 1 aliphatic heterocycles. The number of hydrogen-bond donors (Lipinski definition) is 1. The van der Waals surface area contributed by atoms with Gasteiger partial charge in [-0.05, 0) is 25.5 Å². The van der Waals surface area contributed by atoms with Gasteiger partial charge in [0.1, 0.15) is 5.82 Å². The van der Waals surface area contributed by atoms with E-state index in [0.29, 0.717) is 17.1 Å². The maximum Gasteiger partial charge on any atom is 0.163 e. The molecule has 0 bridgehead atoms. The van der Waals surface area contributed by atoms with Crippen LogP contribution < -0.4 is 14.8 Å². The fourth-order valence-electron chi connectivity index (χ4n) is 2.25. The van der Waals surface area contributed by atoms with Crippen LogP contribution in [-0.2, 0) is 0 Å². The van der Waals surface area contributed by atoms with Crippen molar-refractivity contribution < 1.29 is 13.9 Å². The number of halogens is 2. The van der Waals surface area contributed by atoms with Crippen LogP contribution in [0.4, 0.5) is 4.39 Å². The van der Waals surface area contributed by atoms with Crippen LogP contribution in [0, 0.1) is 5.82 Å². The summed E-state index contributed by atoms with van der Waals surface area (Å²) in [7, 11) is 3.07. The molecule has 1 heterocycles. The molecule has 0 spiro atoms. The van der Waals surface area contributed by atoms with E-state index in [1.807, 2.05) is 0 Å². The van der Waals surface area contributed by atoms with E-state index >= 15 is 0 Å². The summed E-state index contributed by atoms with van der Waals surface area (Å²) in [6.07, 6.45) is 3.25. The smallest absolute Gasteiger partial charge is 0.163 e. The predicted molar refractivity (Wildman–Crippen MR) is 71.3 cm³/mol. The molecule has 1 saturated heterocycles. The molecular weight excluding hydrogens is 257 g/mol. The van der Waals surface area contributed by atoms with Crippen LogP contribution in [0.1, 0.15) is 30.9 Å². The highest BCUT2D eigenvalue weighted by molar-refractivity contribution is 5.85. The van der Waals surface area contributed by atoms with E-state index in [0.717, 1.165) is 25.8 Å². The third-order valence-electron chi connectivity index (χ3n) is 3.19. The first-order valence-electron chi connectivity index (χ1n) is 5.91. The summed E-state index contributed by atoms with van der Waals surface area (Å²) < 4.78 is 24.2. The summed E-state index contributed by atoms with van der Waals surface area (Å²) in [5.41, 5.74) is 0.669. The van der Waals surface area contributed by atoms with Crippen molar-refractivity contribution in [3.05, 3.63) is 23.5 Å². The van der Waals surface area contributed by atoms with Gasteiger partial charge in [-0.25, -0.2) is 4.39 Å². The largest absolute Gasteiger partial charge is 0.493 e. The van der Waals surface area contributed by atoms with Crippen LogP contribution in [0.2, 0.25) is 0 Å². The van der Waals surface area contributed by atoms with E-state index in [-0.39, 0.29) is 24.3 Å². The molecule has 1 aliphatic rings. The van der Waals surface area contributed by atoms with Crippen molar-refractivity contribution in [3.63, 3.8) is 0 Å². The van der Waals surface area contributed by atoms with Gasteiger partial charge in [0.25, 0.3) is 0 Å². The Morgan fingerprint density at radius 2 is 1.83 bits per heavy atom. The van der Waals surface area contributed by atoms with Crippen LogP contribution in [-0.4, -0.2) is 20.8 Å². The Hall–Kier alpha value is -1.00. The van der Waals surface area contributed by atoms with E-state index in [1.165, 1.54) is 13.2 Å². The minimum absolute atomic E-state index is 0. The van der Waals surface area contributed by atoms with E-state index < -0.39 is 0 Å². The fourth-order valence-corrected chi connectivity index (χ4v) is 2.25. The lowest BCUT2D eigenvalue weighted by Crippen LogP contribution is -2.27. The lowest BCUT2D eigenvalue weighted by atomic mass is 9.97. The third-order valence-corrected chi connectivity index (χ3v) is 3.19. The molecule has 1 fully saturated rings. The van der Waals surface area contributed by atoms with Crippen molar-refractivity contribution in [2.45, 2.75) is 25.3 Å². The average molecular weight is 276 g/mol. The fraction of sp³-hybridized carbons (Fsp3) is 0.538. The second kappa shape index (κ2) is 6.81. The van der Waals surface area contributed by atoms with Crippen molar-refractivity contribution >= 4 is 12.4 Å². The van der Waals surface area contributed by atoms with E-state index in [1.54, 1.807) is 13.2 Å². The molecular formula is C13H19ClFNO2.